The van der Waals surface area contributed by atoms with Gasteiger partial charge in [0.25, 0.3) is 0 Å². The van der Waals surface area contributed by atoms with Gasteiger partial charge in [-0.3, -0.25) is 0 Å². The third kappa shape index (κ3) is 3.90. The Labute approximate surface area is 158 Å². The van der Waals surface area contributed by atoms with Crippen LogP contribution in [0.1, 0.15) is 89.5 Å². The molecule has 2 aromatic rings. The topological polar surface area (TPSA) is 40.5 Å². The van der Waals surface area contributed by atoms with E-state index in [9.17, 15) is 10.2 Å². The molecule has 2 rings (SSSR count). The zero-order chi connectivity index (χ0) is 19.7. The maximum atomic E-state index is 10.5. The van der Waals surface area contributed by atoms with Crippen LogP contribution < -0.4 is 0 Å². The van der Waals surface area contributed by atoms with Gasteiger partial charge in [0, 0.05) is 17.0 Å². The van der Waals surface area contributed by atoms with Gasteiger partial charge in [0.15, 0.2) is 0 Å². The molecule has 0 saturated heterocycles. The van der Waals surface area contributed by atoms with Crippen LogP contribution in [0.25, 0.3) is 0 Å². The molecule has 142 valence electrons. The predicted octanol–water partition coefficient (Wildman–Crippen LogP) is 6.62. The Kier molecular flexibility index (Phi) is 5.75. The van der Waals surface area contributed by atoms with E-state index in [4.69, 9.17) is 0 Å². The van der Waals surface area contributed by atoms with Crippen LogP contribution in [-0.2, 0) is 10.8 Å². The van der Waals surface area contributed by atoms with Crippen LogP contribution in [-0.4, -0.2) is 10.2 Å². The van der Waals surface area contributed by atoms with E-state index >= 15 is 0 Å². The fourth-order valence-corrected chi connectivity index (χ4v) is 3.22. The molecular weight excluding hydrogens is 320 g/mol. The van der Waals surface area contributed by atoms with Crippen molar-refractivity contribution in [2.45, 2.75) is 78.1 Å². The first-order chi connectivity index (χ1) is 12.0. The van der Waals surface area contributed by atoms with Crippen molar-refractivity contribution in [2.75, 3.05) is 0 Å². The molecule has 0 atom stereocenters. The Balaban J connectivity index is 2.54. The quantitative estimate of drug-likeness (QED) is 0.611. The molecule has 0 unspecified atom stereocenters. The number of rotatable bonds is 6. The molecule has 0 amide bonds. The lowest BCUT2D eigenvalue weighted by Crippen LogP contribution is -2.17. The Bertz CT molecular complexity index is 706. The van der Waals surface area contributed by atoms with Gasteiger partial charge in [-0.25, -0.2) is 0 Å². The predicted molar refractivity (Wildman–Crippen MR) is 110 cm³/mol. The standard InChI is InChI=1S/C24H34O2/c1-8-23(4,5)17-10-12-21(25)19(14-17)16(3)20-15-18(11-13-22(20)26)24(6,7)9-2/h10-16,25-26H,8-9H2,1-7H3. The minimum absolute atomic E-state index is 0.0518. The highest BCUT2D eigenvalue weighted by Gasteiger charge is 2.24. The monoisotopic (exact) mass is 354 g/mol. The van der Waals surface area contributed by atoms with Crippen LogP contribution in [0.5, 0.6) is 11.5 Å². The van der Waals surface area contributed by atoms with Crippen molar-refractivity contribution in [3.05, 3.63) is 58.7 Å². The van der Waals surface area contributed by atoms with Crippen molar-refractivity contribution in [3.63, 3.8) is 0 Å². The van der Waals surface area contributed by atoms with Crippen LogP contribution in [0.3, 0.4) is 0 Å². The van der Waals surface area contributed by atoms with Crippen LogP contribution in [0.15, 0.2) is 36.4 Å². The number of hydrogen-bond acceptors (Lipinski definition) is 2. The summed E-state index contributed by atoms with van der Waals surface area (Å²) in [6.45, 7) is 15.3. The fourth-order valence-electron chi connectivity index (χ4n) is 3.22. The Hall–Kier alpha value is -1.96. The summed E-state index contributed by atoms with van der Waals surface area (Å²) >= 11 is 0. The van der Waals surface area contributed by atoms with Crippen molar-refractivity contribution in [3.8, 4) is 11.5 Å². The van der Waals surface area contributed by atoms with Gasteiger partial charge in [0.2, 0.25) is 0 Å². The average molecular weight is 355 g/mol. The van der Waals surface area contributed by atoms with Gasteiger partial charge in [-0.1, -0.05) is 72.7 Å². The summed E-state index contributed by atoms with van der Waals surface area (Å²) < 4.78 is 0. The largest absolute Gasteiger partial charge is 0.508 e. The Morgan fingerprint density at radius 2 is 1.08 bits per heavy atom. The van der Waals surface area contributed by atoms with E-state index in [1.165, 1.54) is 11.1 Å². The van der Waals surface area contributed by atoms with Crippen molar-refractivity contribution < 1.29 is 10.2 Å². The molecule has 0 aliphatic carbocycles. The second-order valence-electron chi connectivity index (χ2n) is 8.74. The third-order valence-corrected chi connectivity index (χ3v) is 6.32. The van der Waals surface area contributed by atoms with Gasteiger partial charge in [-0.15, -0.1) is 0 Å². The van der Waals surface area contributed by atoms with Gasteiger partial charge in [-0.2, -0.15) is 0 Å². The lowest BCUT2D eigenvalue weighted by Gasteiger charge is -2.27. The minimum Gasteiger partial charge on any atom is -0.508 e. The van der Waals surface area contributed by atoms with Crippen molar-refractivity contribution in [1.29, 1.82) is 0 Å². The molecule has 26 heavy (non-hydrogen) atoms. The summed E-state index contributed by atoms with van der Waals surface area (Å²) in [5.41, 5.74) is 4.26. The summed E-state index contributed by atoms with van der Waals surface area (Å²) in [4.78, 5) is 0. The maximum absolute atomic E-state index is 10.5. The summed E-state index contributed by atoms with van der Waals surface area (Å²) in [6.07, 6.45) is 2.05. The average Bonchev–Trinajstić information content (AvgIpc) is 2.61. The molecule has 0 aliphatic heterocycles. The van der Waals surface area contributed by atoms with E-state index < -0.39 is 0 Å². The number of phenolic OH excluding ortho intramolecular Hbond substituents is 2. The maximum Gasteiger partial charge on any atom is 0.119 e. The van der Waals surface area contributed by atoms with Gasteiger partial charge in [0.05, 0.1) is 0 Å². The molecule has 2 heteroatoms. The summed E-state index contributed by atoms with van der Waals surface area (Å²) in [7, 11) is 0. The first kappa shape index (κ1) is 20.4. The first-order valence-electron chi connectivity index (χ1n) is 9.70. The number of aromatic hydroxyl groups is 2. The lowest BCUT2D eigenvalue weighted by atomic mass is 9.78. The molecule has 0 saturated carbocycles. The fraction of sp³-hybridized carbons (Fsp3) is 0.500. The molecule has 0 aliphatic rings. The smallest absolute Gasteiger partial charge is 0.119 e. The minimum atomic E-state index is -0.0878. The van der Waals surface area contributed by atoms with Crippen LogP contribution >= 0.6 is 0 Å². The lowest BCUT2D eigenvalue weighted by molar-refractivity contribution is 0.452. The molecule has 0 aromatic heterocycles. The van der Waals surface area contributed by atoms with E-state index in [2.05, 4.69) is 60.6 Å². The molecule has 2 nitrogen and oxygen atoms in total. The molecule has 2 aromatic carbocycles. The SMILES string of the molecule is CCC(C)(C)c1ccc(O)c(C(C)c2cc(C(C)(C)CC)ccc2O)c1. The number of hydrogen-bond donors (Lipinski definition) is 2. The van der Waals surface area contributed by atoms with Crippen molar-refractivity contribution >= 4 is 0 Å². The summed E-state index contributed by atoms with van der Waals surface area (Å²) in [5.74, 6) is 0.482. The highest BCUT2D eigenvalue weighted by atomic mass is 16.3. The van der Waals surface area contributed by atoms with Crippen molar-refractivity contribution in [1.82, 2.24) is 0 Å². The van der Waals surface area contributed by atoms with E-state index in [1.54, 1.807) is 12.1 Å². The Morgan fingerprint density at radius 1 is 0.731 bits per heavy atom. The van der Waals surface area contributed by atoms with Gasteiger partial charge in [0.1, 0.15) is 11.5 Å². The van der Waals surface area contributed by atoms with E-state index in [1.807, 2.05) is 12.1 Å². The molecule has 2 N–H and O–H groups in total. The van der Waals surface area contributed by atoms with Gasteiger partial charge in [-0.05, 0) is 46.9 Å². The van der Waals surface area contributed by atoms with E-state index in [-0.39, 0.29) is 28.2 Å². The number of phenols is 2. The highest BCUT2D eigenvalue weighted by Crippen LogP contribution is 2.40. The third-order valence-electron chi connectivity index (χ3n) is 6.32. The molecule has 0 spiro atoms. The second-order valence-corrected chi connectivity index (χ2v) is 8.74. The zero-order valence-corrected chi connectivity index (χ0v) is 17.4. The normalized spacial score (nSPS) is 12.6. The molecule has 0 bridgehead atoms. The second kappa shape index (κ2) is 7.34. The van der Waals surface area contributed by atoms with Crippen LogP contribution in [0.4, 0.5) is 0 Å². The van der Waals surface area contributed by atoms with Crippen LogP contribution in [0, 0.1) is 0 Å². The van der Waals surface area contributed by atoms with Crippen LogP contribution in [0.2, 0.25) is 0 Å². The zero-order valence-electron chi connectivity index (χ0n) is 17.4. The molecule has 0 fully saturated rings. The molecular formula is C24H34O2. The molecule has 0 radical (unpaired) electrons. The number of benzene rings is 2. The van der Waals surface area contributed by atoms with E-state index in [0.29, 0.717) is 0 Å². The molecule has 0 heterocycles. The Morgan fingerprint density at radius 3 is 1.38 bits per heavy atom. The van der Waals surface area contributed by atoms with Gasteiger partial charge >= 0.3 is 0 Å². The highest BCUT2D eigenvalue weighted by molar-refractivity contribution is 5.49. The van der Waals surface area contributed by atoms with E-state index in [0.717, 1.165) is 24.0 Å². The van der Waals surface area contributed by atoms with Gasteiger partial charge < -0.3 is 10.2 Å². The first-order valence-corrected chi connectivity index (χ1v) is 9.70. The van der Waals surface area contributed by atoms with Crippen molar-refractivity contribution in [2.24, 2.45) is 0 Å². The summed E-state index contributed by atoms with van der Waals surface area (Å²) in [5, 5.41) is 21.0. The summed E-state index contributed by atoms with van der Waals surface area (Å²) in [6, 6.07) is 11.8.